The van der Waals surface area contributed by atoms with Gasteiger partial charge in [0.15, 0.2) is 5.78 Å². The minimum Gasteiger partial charge on any atom is -0.288 e. The van der Waals surface area contributed by atoms with Gasteiger partial charge in [-0.15, -0.1) is 22.7 Å². The van der Waals surface area contributed by atoms with Crippen LogP contribution < -0.4 is 0 Å². The fraction of sp³-hybridized carbons (Fsp3) is 0.507. The van der Waals surface area contributed by atoms with Gasteiger partial charge in [0, 0.05) is 31.7 Å². The molecule has 9 rings (SSSR count). The van der Waals surface area contributed by atoms with Gasteiger partial charge in [-0.1, -0.05) is 255 Å². The van der Waals surface area contributed by atoms with Crippen LogP contribution >= 0.6 is 22.7 Å². The molecule has 0 N–H and O–H groups in total. The van der Waals surface area contributed by atoms with Gasteiger partial charge in [-0.25, -0.2) is 0 Å². The number of hydrogen-bond donors (Lipinski definition) is 0. The van der Waals surface area contributed by atoms with Crippen LogP contribution in [-0.4, -0.2) is 5.78 Å². The van der Waals surface area contributed by atoms with Crippen molar-refractivity contribution >= 4 is 28.5 Å². The molecular formula is C67H84OS2. The maximum atomic E-state index is 14.5. The van der Waals surface area contributed by atoms with E-state index in [1.54, 1.807) is 11.1 Å². The fourth-order valence-electron chi connectivity index (χ4n) is 13.3. The summed E-state index contributed by atoms with van der Waals surface area (Å²) in [5.41, 5.74) is 16.4. The summed E-state index contributed by atoms with van der Waals surface area (Å²) in [5.74, 6) is 0.207. The highest BCUT2D eigenvalue weighted by Gasteiger charge is 2.44. The van der Waals surface area contributed by atoms with E-state index in [9.17, 15) is 4.79 Å². The summed E-state index contributed by atoms with van der Waals surface area (Å²) >= 11 is 3.70. The maximum absolute atomic E-state index is 14.5. The molecule has 70 heavy (non-hydrogen) atoms. The quantitative estimate of drug-likeness (QED) is 0.0411. The second kappa shape index (κ2) is 24.1. The molecule has 0 fully saturated rings. The molecule has 2 aromatic heterocycles. The maximum Gasteiger partial charge on any atom is 0.196 e. The minimum absolute atomic E-state index is 0.0428. The third kappa shape index (κ3) is 10.4. The zero-order valence-corrected chi connectivity index (χ0v) is 45.4. The number of rotatable bonds is 30. The predicted octanol–water partition coefficient (Wildman–Crippen LogP) is 21.9. The number of unbranched alkanes of at least 4 members (excludes halogenated alkanes) is 20. The van der Waals surface area contributed by atoms with Gasteiger partial charge in [-0.2, -0.15) is 0 Å². The lowest BCUT2D eigenvalue weighted by Crippen LogP contribution is -2.25. The summed E-state index contributed by atoms with van der Waals surface area (Å²) in [5, 5.41) is 0. The van der Waals surface area contributed by atoms with E-state index < -0.39 is 0 Å². The highest BCUT2D eigenvalue weighted by atomic mass is 32.1. The first-order valence-electron chi connectivity index (χ1n) is 28.8. The molecule has 6 aromatic rings. The first-order chi connectivity index (χ1) is 34.5. The van der Waals surface area contributed by atoms with Crippen LogP contribution in [0.15, 0.2) is 97.1 Å². The largest absolute Gasteiger partial charge is 0.288 e. The third-order valence-electron chi connectivity index (χ3n) is 17.1. The molecule has 0 unspecified atom stereocenters. The van der Waals surface area contributed by atoms with Gasteiger partial charge in [0.2, 0.25) is 0 Å². The van der Waals surface area contributed by atoms with E-state index in [1.807, 2.05) is 22.7 Å². The molecule has 0 saturated heterocycles. The zero-order chi connectivity index (χ0) is 48.3. The lowest BCUT2D eigenvalue weighted by molar-refractivity contribution is 0.104. The Labute approximate surface area is 432 Å². The summed E-state index contributed by atoms with van der Waals surface area (Å²) in [6.07, 6.45) is 36.6. The van der Waals surface area contributed by atoms with E-state index in [2.05, 4.69) is 125 Å². The highest BCUT2D eigenvalue weighted by molar-refractivity contribution is 7.26. The van der Waals surface area contributed by atoms with Crippen molar-refractivity contribution in [2.24, 2.45) is 0 Å². The van der Waals surface area contributed by atoms with Crippen LogP contribution in [-0.2, 0) is 10.8 Å². The van der Waals surface area contributed by atoms with Crippen LogP contribution in [0.4, 0.5) is 0 Å². The normalized spacial score (nSPS) is 14.4. The van der Waals surface area contributed by atoms with Crippen molar-refractivity contribution in [3.05, 3.63) is 130 Å². The van der Waals surface area contributed by atoms with Crippen molar-refractivity contribution in [2.75, 3.05) is 0 Å². The Morgan fingerprint density at radius 2 is 0.643 bits per heavy atom. The molecule has 3 aliphatic carbocycles. The average Bonchev–Trinajstić information content (AvgIpc) is 4.19. The lowest BCUT2D eigenvalue weighted by Gasteiger charge is -2.33. The van der Waals surface area contributed by atoms with Gasteiger partial charge < -0.3 is 0 Å². The molecule has 0 radical (unpaired) electrons. The van der Waals surface area contributed by atoms with Crippen LogP contribution in [0, 0.1) is 0 Å². The van der Waals surface area contributed by atoms with E-state index in [0.29, 0.717) is 0 Å². The average molecular weight is 970 g/mol. The Morgan fingerprint density at radius 3 is 1.00 bits per heavy atom. The molecule has 4 aromatic carbocycles. The van der Waals surface area contributed by atoms with E-state index in [-0.39, 0.29) is 16.6 Å². The molecule has 0 atom stereocenters. The molecule has 0 spiro atoms. The summed E-state index contributed by atoms with van der Waals surface area (Å²) < 4.78 is 0. The van der Waals surface area contributed by atoms with Crippen LogP contribution in [0.3, 0.4) is 0 Å². The van der Waals surface area contributed by atoms with Crippen molar-refractivity contribution in [3.63, 3.8) is 0 Å². The van der Waals surface area contributed by atoms with Gasteiger partial charge in [0.05, 0.1) is 9.75 Å². The molecule has 3 aliphatic rings. The van der Waals surface area contributed by atoms with Gasteiger partial charge in [-0.3, -0.25) is 4.79 Å². The Hall–Kier alpha value is -4.05. The number of hydrogen-bond acceptors (Lipinski definition) is 3. The first-order valence-corrected chi connectivity index (χ1v) is 30.4. The highest BCUT2D eigenvalue weighted by Crippen LogP contribution is 2.58. The van der Waals surface area contributed by atoms with E-state index in [4.69, 9.17) is 0 Å². The van der Waals surface area contributed by atoms with Gasteiger partial charge in [0.25, 0.3) is 0 Å². The second-order valence-corrected chi connectivity index (χ2v) is 24.0. The van der Waals surface area contributed by atoms with Crippen molar-refractivity contribution < 1.29 is 4.79 Å². The van der Waals surface area contributed by atoms with Gasteiger partial charge in [0.1, 0.15) is 0 Å². The molecule has 0 amide bonds. The predicted molar refractivity (Wildman–Crippen MR) is 306 cm³/mol. The van der Waals surface area contributed by atoms with Crippen molar-refractivity contribution in [2.45, 2.75) is 218 Å². The first kappa shape index (κ1) is 50.9. The molecule has 0 saturated carbocycles. The monoisotopic (exact) mass is 969 g/mol. The summed E-state index contributed by atoms with van der Waals surface area (Å²) in [6.45, 7) is 9.28. The van der Waals surface area contributed by atoms with Crippen LogP contribution in [0.5, 0.6) is 0 Å². The summed E-state index contributed by atoms with van der Waals surface area (Å²) in [6, 6.07) is 38.0. The zero-order valence-electron chi connectivity index (χ0n) is 43.8. The Balaban J connectivity index is 1.02. The number of carbonyl (C=O) groups excluding carboxylic acids is 1. The van der Waals surface area contributed by atoms with E-state index in [1.165, 1.54) is 244 Å². The number of thiophene rings is 2. The number of benzene rings is 4. The van der Waals surface area contributed by atoms with Crippen molar-refractivity contribution in [1.29, 1.82) is 0 Å². The number of ketones is 1. The number of carbonyl (C=O) groups is 1. The molecule has 3 heteroatoms. The number of fused-ring (bicyclic) bond motifs is 9. The van der Waals surface area contributed by atoms with Crippen molar-refractivity contribution in [3.8, 4) is 52.9 Å². The summed E-state index contributed by atoms with van der Waals surface area (Å²) in [7, 11) is 0. The van der Waals surface area contributed by atoms with Crippen LogP contribution in [0.2, 0.25) is 0 Å². The van der Waals surface area contributed by atoms with E-state index in [0.717, 1.165) is 11.1 Å². The van der Waals surface area contributed by atoms with E-state index >= 15 is 0 Å². The second-order valence-electron chi connectivity index (χ2n) is 21.9. The molecule has 2 heterocycles. The Kier molecular flexibility index (Phi) is 17.5. The molecule has 1 nitrogen and oxygen atoms in total. The minimum atomic E-state index is 0.0428. The van der Waals surface area contributed by atoms with Crippen molar-refractivity contribution in [1.82, 2.24) is 0 Å². The van der Waals surface area contributed by atoms with Crippen LogP contribution in [0.25, 0.3) is 52.9 Å². The molecule has 0 bridgehead atoms. The third-order valence-corrected chi connectivity index (χ3v) is 19.6. The summed E-state index contributed by atoms with van der Waals surface area (Å²) in [4.78, 5) is 19.3. The Morgan fingerprint density at radius 1 is 0.329 bits per heavy atom. The van der Waals surface area contributed by atoms with Gasteiger partial charge in [-0.05, 0) is 106 Å². The smallest absolute Gasteiger partial charge is 0.196 e. The fourth-order valence-corrected chi connectivity index (χ4v) is 15.7. The Bertz CT molecular complexity index is 2460. The van der Waals surface area contributed by atoms with Gasteiger partial charge >= 0.3 is 0 Å². The topological polar surface area (TPSA) is 17.1 Å². The molecule has 0 aliphatic heterocycles. The molecular weight excluding hydrogens is 885 g/mol. The molecule has 370 valence electrons. The standard InChI is InChI=1S/C67H84OS2/c1-5-9-13-17-21-29-41-66(42-30-22-18-14-10-6-2)57-35-27-25-33-51(57)53-39-37-49(45-59(53)66)61-47-55-63(68)56-48-62(70-65(56)64(55)69-61)50-38-40-54-52-34-26-28-36-58(52)67(60(54)46-50,43-31-23-19-15-11-7-3)44-32-24-20-16-12-8-4/h25-28,33-40,45-48H,5-24,29-32,41-44H2,1-4H3. The lowest BCUT2D eigenvalue weighted by atomic mass is 9.70. The SMILES string of the molecule is CCCCCCCCC1(CCCCCCCC)c2ccccc2-c2ccc(-c3cc4c(s3)-c3sc(-c5ccc6c(c5)C(CCCCCCCC)(CCCCCCCC)c5ccccc5-6)cc3C4=O)cc21. The van der Waals surface area contributed by atoms with Crippen LogP contribution in [0.1, 0.15) is 246 Å².